The molecule has 3 aromatic heterocycles. The topological polar surface area (TPSA) is 63.8 Å². The van der Waals surface area contributed by atoms with Crippen LogP contribution in [0.2, 0.25) is 0 Å². The molecule has 0 aromatic carbocycles. The van der Waals surface area contributed by atoms with Gasteiger partial charge in [-0.15, -0.1) is 22.7 Å². The molecule has 0 aliphatic heterocycles. The molecule has 0 aliphatic carbocycles. The van der Waals surface area contributed by atoms with Crippen LogP contribution >= 0.6 is 38.6 Å². The van der Waals surface area contributed by atoms with Gasteiger partial charge in [0.15, 0.2) is 5.82 Å². The van der Waals surface area contributed by atoms with Crippen LogP contribution in [0.15, 0.2) is 25.8 Å². The average Bonchev–Trinajstić information content (AvgIpc) is 3.17. The standard InChI is InChI=1S/C13H13BrN4OS2/c1-7(15-2)3-11-17-12(19-18-11)9-6-21-13(16-9)10-4-8(14)5-20-10/h4-7,15H,3H2,1-2H3. The molecule has 110 valence electrons. The molecule has 21 heavy (non-hydrogen) atoms. The van der Waals surface area contributed by atoms with E-state index in [2.05, 4.69) is 49.4 Å². The Morgan fingerprint density at radius 2 is 2.19 bits per heavy atom. The van der Waals surface area contributed by atoms with E-state index in [4.69, 9.17) is 4.52 Å². The van der Waals surface area contributed by atoms with E-state index < -0.39 is 0 Å². The predicted octanol–water partition coefficient (Wildman–Crippen LogP) is 3.83. The SMILES string of the molecule is CNC(C)Cc1noc(-c2csc(-c3cc(Br)cs3)n2)n1. The second kappa shape index (κ2) is 6.35. The number of nitrogens with one attached hydrogen (secondary N) is 1. The maximum atomic E-state index is 5.30. The fourth-order valence-corrected chi connectivity index (χ4v) is 4.03. The lowest BCUT2D eigenvalue weighted by molar-refractivity contribution is 0.417. The van der Waals surface area contributed by atoms with Gasteiger partial charge in [0.05, 0.1) is 4.88 Å². The highest BCUT2D eigenvalue weighted by Crippen LogP contribution is 2.33. The van der Waals surface area contributed by atoms with Gasteiger partial charge in [0.2, 0.25) is 0 Å². The minimum Gasteiger partial charge on any atom is -0.332 e. The van der Waals surface area contributed by atoms with E-state index >= 15 is 0 Å². The first-order valence-corrected chi connectivity index (χ1v) is 8.91. The molecule has 0 saturated heterocycles. The Morgan fingerprint density at radius 3 is 2.90 bits per heavy atom. The van der Waals surface area contributed by atoms with Gasteiger partial charge in [-0.3, -0.25) is 0 Å². The van der Waals surface area contributed by atoms with Crippen molar-refractivity contribution in [2.75, 3.05) is 7.05 Å². The largest absolute Gasteiger partial charge is 0.332 e. The summed E-state index contributed by atoms with van der Waals surface area (Å²) in [5.41, 5.74) is 0.732. The smallest absolute Gasteiger partial charge is 0.277 e. The number of thiazole rings is 1. The molecule has 0 radical (unpaired) electrons. The van der Waals surface area contributed by atoms with Crippen LogP contribution in [-0.4, -0.2) is 28.2 Å². The molecule has 5 nitrogen and oxygen atoms in total. The van der Waals surface area contributed by atoms with Gasteiger partial charge in [-0.05, 0) is 36.0 Å². The summed E-state index contributed by atoms with van der Waals surface area (Å²) in [6, 6.07) is 2.37. The maximum Gasteiger partial charge on any atom is 0.277 e. The highest BCUT2D eigenvalue weighted by atomic mass is 79.9. The molecule has 0 bridgehead atoms. The lowest BCUT2D eigenvalue weighted by Gasteiger charge is -2.04. The third-order valence-corrected chi connectivity index (χ3v) is 5.65. The fraction of sp³-hybridized carbons (Fsp3) is 0.308. The molecule has 0 amide bonds. The van der Waals surface area contributed by atoms with Crippen LogP contribution in [0.3, 0.4) is 0 Å². The minimum absolute atomic E-state index is 0.310. The van der Waals surface area contributed by atoms with E-state index in [1.54, 1.807) is 22.7 Å². The first-order valence-electron chi connectivity index (χ1n) is 6.36. The molecule has 1 atom stereocenters. The Kier molecular flexibility index (Phi) is 4.48. The minimum atomic E-state index is 0.310. The van der Waals surface area contributed by atoms with Gasteiger partial charge in [0, 0.05) is 27.7 Å². The summed E-state index contributed by atoms with van der Waals surface area (Å²) >= 11 is 6.69. The fourth-order valence-electron chi connectivity index (χ4n) is 1.73. The first kappa shape index (κ1) is 14.8. The lowest BCUT2D eigenvalue weighted by atomic mass is 10.2. The van der Waals surface area contributed by atoms with E-state index in [1.807, 2.05) is 17.8 Å². The third-order valence-electron chi connectivity index (χ3n) is 2.95. The van der Waals surface area contributed by atoms with E-state index in [1.165, 1.54) is 0 Å². The maximum absolute atomic E-state index is 5.30. The number of hydrogen-bond donors (Lipinski definition) is 1. The van der Waals surface area contributed by atoms with Crippen LogP contribution in [0, 0.1) is 0 Å². The first-order chi connectivity index (χ1) is 10.2. The lowest BCUT2D eigenvalue weighted by Crippen LogP contribution is -2.24. The zero-order valence-electron chi connectivity index (χ0n) is 11.5. The summed E-state index contributed by atoms with van der Waals surface area (Å²) < 4.78 is 6.37. The molecule has 1 unspecified atom stereocenters. The van der Waals surface area contributed by atoms with Gasteiger partial charge in [-0.1, -0.05) is 5.16 Å². The van der Waals surface area contributed by atoms with Crippen molar-refractivity contribution in [2.45, 2.75) is 19.4 Å². The van der Waals surface area contributed by atoms with Crippen LogP contribution < -0.4 is 5.32 Å². The molecular formula is C13H13BrN4OS2. The van der Waals surface area contributed by atoms with Crippen molar-refractivity contribution in [2.24, 2.45) is 0 Å². The normalized spacial score (nSPS) is 12.7. The summed E-state index contributed by atoms with van der Waals surface area (Å²) in [5.74, 6) is 1.17. The van der Waals surface area contributed by atoms with Crippen molar-refractivity contribution < 1.29 is 4.52 Å². The molecule has 0 aliphatic rings. The van der Waals surface area contributed by atoms with Crippen molar-refractivity contribution in [3.63, 3.8) is 0 Å². The molecule has 3 aromatic rings. The number of thiophene rings is 1. The molecule has 0 fully saturated rings. The number of aromatic nitrogens is 3. The third kappa shape index (κ3) is 3.39. The molecule has 0 saturated carbocycles. The Labute approximate surface area is 138 Å². The van der Waals surface area contributed by atoms with E-state index in [9.17, 15) is 0 Å². The number of likely N-dealkylation sites (N-methyl/N-ethyl adjacent to an activating group) is 1. The summed E-state index contributed by atoms with van der Waals surface area (Å²) in [7, 11) is 1.91. The quantitative estimate of drug-likeness (QED) is 0.723. The van der Waals surface area contributed by atoms with Gasteiger partial charge in [0.25, 0.3) is 5.89 Å². The van der Waals surface area contributed by atoms with Crippen LogP contribution in [0.5, 0.6) is 0 Å². The Bertz CT molecular complexity index is 736. The Hall–Kier alpha value is -1.09. The van der Waals surface area contributed by atoms with Gasteiger partial charge < -0.3 is 9.84 Å². The van der Waals surface area contributed by atoms with Gasteiger partial charge in [-0.25, -0.2) is 4.98 Å². The molecule has 0 spiro atoms. The van der Waals surface area contributed by atoms with Crippen molar-refractivity contribution in [3.05, 3.63) is 27.1 Å². The van der Waals surface area contributed by atoms with Crippen molar-refractivity contribution in [3.8, 4) is 21.5 Å². The highest BCUT2D eigenvalue weighted by Gasteiger charge is 2.15. The van der Waals surface area contributed by atoms with Crippen LogP contribution in [0.1, 0.15) is 12.7 Å². The second-order valence-corrected chi connectivity index (χ2v) is 7.26. The molecular weight excluding hydrogens is 372 g/mol. The number of nitrogens with zero attached hydrogens (tertiary/aromatic N) is 3. The van der Waals surface area contributed by atoms with E-state index in [-0.39, 0.29) is 0 Å². The van der Waals surface area contributed by atoms with Crippen LogP contribution in [-0.2, 0) is 6.42 Å². The Morgan fingerprint density at radius 1 is 1.33 bits per heavy atom. The average molecular weight is 385 g/mol. The van der Waals surface area contributed by atoms with Crippen molar-refractivity contribution in [1.29, 1.82) is 0 Å². The summed E-state index contributed by atoms with van der Waals surface area (Å²) in [6.45, 7) is 2.08. The summed E-state index contributed by atoms with van der Waals surface area (Å²) in [4.78, 5) is 10.1. The Balaban J connectivity index is 1.80. The van der Waals surface area contributed by atoms with Gasteiger partial charge >= 0.3 is 0 Å². The number of halogens is 1. The monoisotopic (exact) mass is 384 g/mol. The summed E-state index contributed by atoms with van der Waals surface area (Å²) in [6.07, 6.45) is 0.731. The van der Waals surface area contributed by atoms with Crippen molar-refractivity contribution >= 4 is 38.6 Å². The molecule has 3 heterocycles. The predicted molar refractivity (Wildman–Crippen MR) is 88.6 cm³/mol. The second-order valence-electron chi connectivity index (χ2n) is 4.58. The van der Waals surface area contributed by atoms with Crippen LogP contribution in [0.25, 0.3) is 21.5 Å². The summed E-state index contributed by atoms with van der Waals surface area (Å²) in [5, 5.41) is 12.1. The molecule has 8 heteroatoms. The van der Waals surface area contributed by atoms with E-state index in [0.717, 1.165) is 26.5 Å². The van der Waals surface area contributed by atoms with E-state index in [0.29, 0.717) is 17.8 Å². The molecule has 1 N–H and O–H groups in total. The number of hydrogen-bond acceptors (Lipinski definition) is 7. The van der Waals surface area contributed by atoms with Gasteiger partial charge in [0.1, 0.15) is 10.7 Å². The van der Waals surface area contributed by atoms with Crippen molar-refractivity contribution in [1.82, 2.24) is 20.4 Å². The zero-order chi connectivity index (χ0) is 14.8. The number of rotatable bonds is 5. The zero-order valence-corrected chi connectivity index (χ0v) is 14.7. The van der Waals surface area contributed by atoms with Crippen LogP contribution in [0.4, 0.5) is 0 Å². The van der Waals surface area contributed by atoms with Gasteiger partial charge in [-0.2, -0.15) is 4.98 Å². The highest BCUT2D eigenvalue weighted by molar-refractivity contribution is 9.10. The molecule has 3 rings (SSSR count).